The van der Waals surface area contributed by atoms with Crippen LogP contribution in [0.4, 0.5) is 0 Å². The molecule has 0 atom stereocenters. The minimum Gasteiger partial charge on any atom is -0.399 e. The number of aryl methyl sites for hydroxylation is 2. The highest BCUT2D eigenvalue weighted by molar-refractivity contribution is 6.62. The molecule has 2 aromatic carbocycles. The fourth-order valence-electron chi connectivity index (χ4n) is 4.23. The minimum atomic E-state index is -0.302. The summed E-state index contributed by atoms with van der Waals surface area (Å²) in [6.07, 6.45) is 10.7. The SMILES string of the molecule is CC(Cl)Cl.Clc1ncc2c(Cl)cccc2n1.Cn1cc(-c2ncc3c(Cl)cccc3n2)cn1.Cn1cc(B2OC(C)(C)C(C)(C)O2)cn1. The second-order valence-electron chi connectivity index (χ2n) is 11.6. The summed E-state index contributed by atoms with van der Waals surface area (Å²) in [5, 5.41) is 11.5. The van der Waals surface area contributed by atoms with Crippen LogP contribution in [-0.2, 0) is 23.4 Å². The monoisotopic (exact) mass is 748 g/mol. The molecule has 16 heteroatoms. The maximum atomic E-state index is 6.06. The van der Waals surface area contributed by atoms with Gasteiger partial charge < -0.3 is 9.31 Å². The van der Waals surface area contributed by atoms with Crippen LogP contribution in [0.3, 0.4) is 0 Å². The fraction of sp³-hybridized carbons (Fsp3) is 0.312. The first-order chi connectivity index (χ1) is 22.6. The average molecular weight is 751 g/mol. The van der Waals surface area contributed by atoms with Gasteiger partial charge in [-0.1, -0.05) is 35.3 Å². The quantitative estimate of drug-likeness (QED) is 0.0993. The third-order valence-electron chi connectivity index (χ3n) is 7.33. The van der Waals surface area contributed by atoms with Gasteiger partial charge in [-0.15, -0.1) is 23.2 Å². The number of hydrogen-bond donors (Lipinski definition) is 0. The van der Waals surface area contributed by atoms with Gasteiger partial charge in [0.2, 0.25) is 5.28 Å². The van der Waals surface area contributed by atoms with Crippen LogP contribution in [0.15, 0.2) is 73.6 Å². The summed E-state index contributed by atoms with van der Waals surface area (Å²) in [6.45, 7) is 9.88. The van der Waals surface area contributed by atoms with Crippen LogP contribution >= 0.6 is 58.0 Å². The standard InChI is InChI=1S/C12H9ClN4.C10H17BN2O2.C8H4Cl2N2.C2H4Cl2/c1-17-7-8(5-15-17)12-14-6-9-10(13)3-2-4-11(9)16-12;1-9(2)10(3,4)15-11(14-9)8-6-12-13(5)7-8;9-6-2-1-3-7-5(6)4-11-8(10)12-7;1-2(3)4/h2-7H,1H3;6-7H,1-5H3;1-4H;2H,1H3. The topological polar surface area (TPSA) is 106 Å². The van der Waals surface area contributed by atoms with Crippen molar-refractivity contribution in [2.24, 2.45) is 14.1 Å². The maximum absolute atomic E-state index is 6.06. The van der Waals surface area contributed by atoms with Gasteiger partial charge in [0, 0.05) is 61.3 Å². The van der Waals surface area contributed by atoms with Crippen molar-refractivity contribution in [3.63, 3.8) is 0 Å². The number of benzene rings is 2. The lowest BCUT2D eigenvalue weighted by atomic mass is 9.82. The van der Waals surface area contributed by atoms with Crippen molar-refractivity contribution in [3.8, 4) is 11.4 Å². The number of rotatable bonds is 2. The molecular formula is C32H34BCl5N8O2. The van der Waals surface area contributed by atoms with Gasteiger partial charge in [0.05, 0.1) is 44.0 Å². The molecule has 5 heterocycles. The molecule has 252 valence electrons. The fourth-order valence-corrected chi connectivity index (χ4v) is 4.81. The second-order valence-corrected chi connectivity index (χ2v) is 14.3. The number of nitrogens with zero attached hydrogens (tertiary/aromatic N) is 8. The molecule has 0 radical (unpaired) electrons. The van der Waals surface area contributed by atoms with Crippen LogP contribution in [0.25, 0.3) is 33.2 Å². The molecule has 0 N–H and O–H groups in total. The molecule has 0 spiro atoms. The van der Waals surface area contributed by atoms with E-state index in [1.54, 1.807) is 47.1 Å². The van der Waals surface area contributed by atoms with Gasteiger partial charge in [-0.25, -0.2) is 19.9 Å². The average Bonchev–Trinajstić information content (AvgIpc) is 3.70. The summed E-state index contributed by atoms with van der Waals surface area (Å²) in [6, 6.07) is 11.1. The van der Waals surface area contributed by atoms with Crippen LogP contribution < -0.4 is 5.46 Å². The Morgan fingerprint density at radius 1 is 0.708 bits per heavy atom. The van der Waals surface area contributed by atoms with Gasteiger partial charge in [0.15, 0.2) is 5.82 Å². The van der Waals surface area contributed by atoms with Crippen LogP contribution in [0.1, 0.15) is 34.6 Å². The van der Waals surface area contributed by atoms with Gasteiger partial charge in [0.25, 0.3) is 0 Å². The molecule has 1 aliphatic rings. The number of alkyl halides is 2. The van der Waals surface area contributed by atoms with E-state index in [1.165, 1.54) is 0 Å². The minimum absolute atomic E-state index is 0.222. The summed E-state index contributed by atoms with van der Waals surface area (Å²) >= 11 is 27.6. The van der Waals surface area contributed by atoms with E-state index in [0.717, 1.165) is 32.8 Å². The molecule has 0 unspecified atom stereocenters. The predicted octanol–water partition coefficient (Wildman–Crippen LogP) is 8.15. The number of fused-ring (bicyclic) bond motifs is 2. The van der Waals surface area contributed by atoms with E-state index in [9.17, 15) is 0 Å². The predicted molar refractivity (Wildman–Crippen MR) is 196 cm³/mol. The zero-order chi connectivity index (χ0) is 35.2. The van der Waals surface area contributed by atoms with E-state index in [2.05, 4.69) is 30.1 Å². The molecule has 0 saturated carbocycles. The normalized spacial score (nSPS) is 14.6. The van der Waals surface area contributed by atoms with Gasteiger partial charge in [0.1, 0.15) is 4.84 Å². The second kappa shape index (κ2) is 16.1. The molecule has 1 aliphatic heterocycles. The van der Waals surface area contributed by atoms with E-state index < -0.39 is 0 Å². The first kappa shape index (κ1) is 37.8. The smallest absolute Gasteiger partial charge is 0.399 e. The van der Waals surface area contributed by atoms with Gasteiger partial charge >= 0.3 is 7.12 Å². The van der Waals surface area contributed by atoms with Crippen molar-refractivity contribution in [1.29, 1.82) is 0 Å². The third-order valence-corrected chi connectivity index (χ3v) is 8.17. The highest BCUT2D eigenvalue weighted by atomic mass is 35.5. The first-order valence-corrected chi connectivity index (χ1v) is 16.7. The Morgan fingerprint density at radius 3 is 1.71 bits per heavy atom. The molecule has 0 amide bonds. The molecule has 1 fully saturated rings. The summed E-state index contributed by atoms with van der Waals surface area (Å²) in [7, 11) is 3.44. The van der Waals surface area contributed by atoms with Crippen molar-refractivity contribution in [1.82, 2.24) is 39.5 Å². The van der Waals surface area contributed by atoms with Gasteiger partial charge in [-0.2, -0.15) is 10.2 Å². The molecule has 1 saturated heterocycles. The molecule has 6 aromatic rings. The van der Waals surface area contributed by atoms with Crippen molar-refractivity contribution >= 4 is 92.4 Å². The van der Waals surface area contributed by atoms with E-state index in [1.807, 2.05) is 84.5 Å². The number of halogens is 5. The summed E-state index contributed by atoms with van der Waals surface area (Å²) in [4.78, 5) is 16.4. The van der Waals surface area contributed by atoms with Crippen LogP contribution in [0.5, 0.6) is 0 Å². The number of aromatic nitrogens is 8. The van der Waals surface area contributed by atoms with E-state index in [4.69, 9.17) is 67.3 Å². The summed E-state index contributed by atoms with van der Waals surface area (Å²) in [5.74, 6) is 0.660. The summed E-state index contributed by atoms with van der Waals surface area (Å²) < 4.78 is 15.2. The Morgan fingerprint density at radius 2 is 1.21 bits per heavy atom. The lowest BCUT2D eigenvalue weighted by Crippen LogP contribution is -2.41. The van der Waals surface area contributed by atoms with Gasteiger partial charge in [-0.05, 0) is 70.5 Å². The Balaban J connectivity index is 0.000000156. The van der Waals surface area contributed by atoms with Crippen molar-refractivity contribution < 1.29 is 9.31 Å². The molecule has 10 nitrogen and oxygen atoms in total. The Kier molecular flexibility index (Phi) is 12.7. The zero-order valence-electron chi connectivity index (χ0n) is 27.4. The maximum Gasteiger partial charge on any atom is 0.498 e. The Bertz CT molecular complexity index is 1970. The molecule has 7 rings (SSSR count). The molecule has 48 heavy (non-hydrogen) atoms. The van der Waals surface area contributed by atoms with E-state index in [0.29, 0.717) is 15.9 Å². The van der Waals surface area contributed by atoms with Crippen molar-refractivity contribution in [3.05, 3.63) is 88.9 Å². The lowest BCUT2D eigenvalue weighted by Gasteiger charge is -2.32. The van der Waals surface area contributed by atoms with Crippen molar-refractivity contribution in [2.45, 2.75) is 50.7 Å². The van der Waals surface area contributed by atoms with Crippen LogP contribution in [-0.4, -0.2) is 62.7 Å². The molecule has 4 aromatic heterocycles. The zero-order valence-corrected chi connectivity index (χ0v) is 31.1. The lowest BCUT2D eigenvalue weighted by molar-refractivity contribution is 0.00578. The Labute approximate surface area is 304 Å². The van der Waals surface area contributed by atoms with Crippen molar-refractivity contribution in [2.75, 3.05) is 0 Å². The first-order valence-electron chi connectivity index (χ1n) is 14.7. The highest BCUT2D eigenvalue weighted by Gasteiger charge is 2.52. The largest absolute Gasteiger partial charge is 0.498 e. The number of hydrogen-bond acceptors (Lipinski definition) is 8. The third kappa shape index (κ3) is 9.78. The van der Waals surface area contributed by atoms with E-state index >= 15 is 0 Å². The summed E-state index contributed by atoms with van der Waals surface area (Å²) in [5.41, 5.74) is 2.90. The Hall–Kier alpha value is -3.03. The highest BCUT2D eigenvalue weighted by Crippen LogP contribution is 2.36. The van der Waals surface area contributed by atoms with Crippen LogP contribution in [0, 0.1) is 0 Å². The van der Waals surface area contributed by atoms with Crippen LogP contribution in [0.2, 0.25) is 15.3 Å². The molecule has 0 bridgehead atoms. The molecular weight excluding hydrogens is 716 g/mol. The molecule has 0 aliphatic carbocycles. The van der Waals surface area contributed by atoms with E-state index in [-0.39, 0.29) is 28.4 Å². The van der Waals surface area contributed by atoms with Gasteiger partial charge in [-0.3, -0.25) is 9.36 Å².